The van der Waals surface area contributed by atoms with Gasteiger partial charge in [-0.05, 0) is 44.3 Å². The van der Waals surface area contributed by atoms with Crippen LogP contribution in [0.15, 0.2) is 28.8 Å². The van der Waals surface area contributed by atoms with Crippen LogP contribution in [0.4, 0.5) is 0 Å². The van der Waals surface area contributed by atoms with Crippen molar-refractivity contribution in [2.24, 2.45) is 0 Å². The van der Waals surface area contributed by atoms with Crippen LogP contribution in [0.3, 0.4) is 0 Å². The van der Waals surface area contributed by atoms with Gasteiger partial charge in [0.05, 0.1) is 6.54 Å². The molecule has 0 bridgehead atoms. The van der Waals surface area contributed by atoms with E-state index in [-0.39, 0.29) is 12.4 Å². The molecule has 2 aromatic rings. The van der Waals surface area contributed by atoms with Gasteiger partial charge < -0.3 is 9.84 Å². The molecule has 1 aliphatic rings. The van der Waals surface area contributed by atoms with Gasteiger partial charge in [0.25, 0.3) is 0 Å². The Morgan fingerprint density at radius 2 is 2.14 bits per heavy atom. The lowest BCUT2D eigenvalue weighted by Gasteiger charge is -2.21. The van der Waals surface area contributed by atoms with Gasteiger partial charge in [0, 0.05) is 23.2 Å². The minimum atomic E-state index is 0. The van der Waals surface area contributed by atoms with Crippen molar-refractivity contribution >= 4 is 24.0 Å². The predicted octanol–water partition coefficient (Wildman–Crippen LogP) is 2.61. The maximum absolute atomic E-state index is 5.87. The van der Waals surface area contributed by atoms with Gasteiger partial charge in [-0.3, -0.25) is 4.90 Å². The van der Waals surface area contributed by atoms with E-state index in [1.54, 1.807) is 0 Å². The molecule has 114 valence electrons. The number of aromatic nitrogens is 2. The lowest BCUT2D eigenvalue weighted by atomic mass is 10.2. The van der Waals surface area contributed by atoms with Crippen LogP contribution in [-0.2, 0) is 6.54 Å². The average molecular weight is 329 g/mol. The SMILES string of the molecule is CN(Cc1nc(-c2ccc(Cl)cc2)no1)C1CCNC1.Cl. The van der Waals surface area contributed by atoms with Crippen LogP contribution < -0.4 is 5.32 Å². The standard InChI is InChI=1S/C14H17ClN4O.ClH/c1-19(12-6-7-16-8-12)9-13-17-14(18-20-13)10-2-4-11(15)5-3-10;/h2-5,12,16H,6-9H2,1H3;1H. The number of nitrogens with zero attached hydrogens (tertiary/aromatic N) is 3. The summed E-state index contributed by atoms with van der Waals surface area (Å²) in [7, 11) is 2.09. The van der Waals surface area contributed by atoms with Gasteiger partial charge in [-0.2, -0.15) is 4.98 Å². The minimum Gasteiger partial charge on any atom is -0.338 e. The van der Waals surface area contributed by atoms with Crippen molar-refractivity contribution in [3.8, 4) is 11.4 Å². The fourth-order valence-corrected chi connectivity index (χ4v) is 2.52. The van der Waals surface area contributed by atoms with Crippen LogP contribution in [0.25, 0.3) is 11.4 Å². The van der Waals surface area contributed by atoms with E-state index in [4.69, 9.17) is 16.1 Å². The number of halogens is 2. The zero-order chi connectivity index (χ0) is 13.9. The number of likely N-dealkylation sites (N-methyl/N-ethyl adjacent to an activating group) is 1. The first kappa shape index (κ1) is 16.2. The minimum absolute atomic E-state index is 0. The van der Waals surface area contributed by atoms with Crippen LogP contribution in [-0.4, -0.2) is 41.2 Å². The normalized spacial score (nSPS) is 18.0. The molecule has 2 heterocycles. The molecule has 1 fully saturated rings. The Morgan fingerprint density at radius 3 is 2.81 bits per heavy atom. The zero-order valence-electron chi connectivity index (χ0n) is 11.8. The van der Waals surface area contributed by atoms with E-state index in [2.05, 4.69) is 27.4 Å². The number of hydrogen-bond donors (Lipinski definition) is 1. The topological polar surface area (TPSA) is 54.2 Å². The largest absolute Gasteiger partial charge is 0.338 e. The van der Waals surface area contributed by atoms with Gasteiger partial charge in [-0.15, -0.1) is 12.4 Å². The van der Waals surface area contributed by atoms with E-state index in [1.807, 2.05) is 24.3 Å². The Balaban J connectivity index is 0.00000161. The Kier molecular flexibility index (Phi) is 5.58. The van der Waals surface area contributed by atoms with E-state index >= 15 is 0 Å². The van der Waals surface area contributed by atoms with E-state index in [0.717, 1.165) is 25.1 Å². The van der Waals surface area contributed by atoms with Crippen molar-refractivity contribution in [1.82, 2.24) is 20.4 Å². The molecule has 1 unspecified atom stereocenters. The maximum atomic E-state index is 5.87. The molecule has 1 aromatic heterocycles. The molecule has 1 aliphatic heterocycles. The Bertz CT molecular complexity index is 567. The predicted molar refractivity (Wildman–Crippen MR) is 84.7 cm³/mol. The zero-order valence-corrected chi connectivity index (χ0v) is 13.3. The lowest BCUT2D eigenvalue weighted by Crippen LogP contribution is -2.32. The summed E-state index contributed by atoms with van der Waals surface area (Å²) in [6.45, 7) is 2.77. The van der Waals surface area contributed by atoms with E-state index < -0.39 is 0 Å². The summed E-state index contributed by atoms with van der Waals surface area (Å²) in [6, 6.07) is 7.97. The maximum Gasteiger partial charge on any atom is 0.241 e. The first-order valence-electron chi connectivity index (χ1n) is 6.72. The van der Waals surface area contributed by atoms with E-state index in [0.29, 0.717) is 29.3 Å². The summed E-state index contributed by atoms with van der Waals surface area (Å²) in [4.78, 5) is 6.69. The van der Waals surface area contributed by atoms with Crippen molar-refractivity contribution in [2.45, 2.75) is 19.0 Å². The van der Waals surface area contributed by atoms with Crippen molar-refractivity contribution < 1.29 is 4.52 Å². The molecule has 21 heavy (non-hydrogen) atoms. The van der Waals surface area contributed by atoms with Gasteiger partial charge in [0.2, 0.25) is 11.7 Å². The average Bonchev–Trinajstić information content (AvgIpc) is 3.10. The quantitative estimate of drug-likeness (QED) is 0.934. The molecule has 7 heteroatoms. The van der Waals surface area contributed by atoms with Crippen molar-refractivity contribution in [3.05, 3.63) is 35.2 Å². The summed E-state index contributed by atoms with van der Waals surface area (Å²) in [6.07, 6.45) is 1.16. The summed E-state index contributed by atoms with van der Waals surface area (Å²) < 4.78 is 5.32. The highest BCUT2D eigenvalue weighted by atomic mass is 35.5. The van der Waals surface area contributed by atoms with Crippen molar-refractivity contribution in [3.63, 3.8) is 0 Å². The van der Waals surface area contributed by atoms with E-state index in [9.17, 15) is 0 Å². The molecule has 3 rings (SSSR count). The van der Waals surface area contributed by atoms with Gasteiger partial charge >= 0.3 is 0 Å². The van der Waals surface area contributed by atoms with Gasteiger partial charge in [0.1, 0.15) is 0 Å². The molecule has 0 spiro atoms. The van der Waals surface area contributed by atoms with Gasteiger partial charge in [0.15, 0.2) is 0 Å². The third-order valence-electron chi connectivity index (χ3n) is 3.61. The fraction of sp³-hybridized carbons (Fsp3) is 0.429. The molecule has 5 nitrogen and oxygen atoms in total. The smallest absolute Gasteiger partial charge is 0.241 e. The van der Waals surface area contributed by atoms with Gasteiger partial charge in [-0.1, -0.05) is 16.8 Å². The van der Waals surface area contributed by atoms with Crippen LogP contribution in [0.1, 0.15) is 12.3 Å². The highest BCUT2D eigenvalue weighted by molar-refractivity contribution is 6.30. The molecule has 1 N–H and O–H groups in total. The Morgan fingerprint density at radius 1 is 1.38 bits per heavy atom. The molecule has 1 atom stereocenters. The third-order valence-corrected chi connectivity index (χ3v) is 3.86. The lowest BCUT2D eigenvalue weighted by molar-refractivity contribution is 0.214. The Hall–Kier alpha value is -1.14. The highest BCUT2D eigenvalue weighted by Gasteiger charge is 2.21. The van der Waals surface area contributed by atoms with Crippen molar-refractivity contribution in [1.29, 1.82) is 0 Å². The monoisotopic (exact) mass is 328 g/mol. The number of rotatable bonds is 4. The second-order valence-corrected chi connectivity index (χ2v) is 5.52. The summed E-state index contributed by atoms with van der Waals surface area (Å²) in [5.74, 6) is 1.25. The fourth-order valence-electron chi connectivity index (χ4n) is 2.39. The van der Waals surface area contributed by atoms with Gasteiger partial charge in [-0.25, -0.2) is 0 Å². The van der Waals surface area contributed by atoms with Crippen LogP contribution in [0.2, 0.25) is 5.02 Å². The summed E-state index contributed by atoms with van der Waals surface area (Å²) in [5, 5.41) is 8.08. The molecule has 1 saturated heterocycles. The summed E-state index contributed by atoms with van der Waals surface area (Å²) >= 11 is 5.87. The van der Waals surface area contributed by atoms with Crippen LogP contribution >= 0.6 is 24.0 Å². The third kappa shape index (κ3) is 3.95. The summed E-state index contributed by atoms with van der Waals surface area (Å²) in [5.41, 5.74) is 0.912. The van der Waals surface area contributed by atoms with Crippen LogP contribution in [0.5, 0.6) is 0 Å². The molecule has 0 aliphatic carbocycles. The number of hydrogen-bond acceptors (Lipinski definition) is 5. The second kappa shape index (κ2) is 7.22. The first-order chi connectivity index (χ1) is 9.72. The van der Waals surface area contributed by atoms with E-state index in [1.165, 1.54) is 0 Å². The first-order valence-corrected chi connectivity index (χ1v) is 7.09. The molecule has 0 radical (unpaired) electrons. The molecular formula is C14H18Cl2N4O. The molecule has 1 aromatic carbocycles. The number of benzene rings is 1. The molecule has 0 saturated carbocycles. The second-order valence-electron chi connectivity index (χ2n) is 5.08. The number of nitrogens with one attached hydrogen (secondary N) is 1. The molecule has 0 amide bonds. The molecular weight excluding hydrogens is 311 g/mol. The van der Waals surface area contributed by atoms with Crippen molar-refractivity contribution in [2.75, 3.05) is 20.1 Å². The Labute approximate surface area is 135 Å². The highest BCUT2D eigenvalue weighted by Crippen LogP contribution is 2.19. The van der Waals surface area contributed by atoms with Crippen LogP contribution in [0, 0.1) is 0 Å².